The first-order valence-electron chi connectivity index (χ1n) is 37.5. The molecule has 550 valence electrons. The van der Waals surface area contributed by atoms with Crippen molar-refractivity contribution in [2.45, 2.75) is 5.41 Å². The van der Waals surface area contributed by atoms with Crippen LogP contribution in [0.1, 0.15) is 22.3 Å². The molecule has 23 rings (SSSR count). The van der Waals surface area contributed by atoms with Gasteiger partial charge in [0.2, 0.25) is 16.9 Å². The maximum absolute atomic E-state index is 12.6. The van der Waals surface area contributed by atoms with Gasteiger partial charge in [-0.3, -0.25) is 0 Å². The minimum Gasteiger partial charge on any atom is -0.871 e. The molecule has 4 N–H and O–H groups in total. The monoisotopic (exact) mass is 1610 g/mol. The summed E-state index contributed by atoms with van der Waals surface area (Å²) in [7, 11) is 0. The van der Waals surface area contributed by atoms with Crippen LogP contribution in [0.15, 0.2) is 374 Å². The van der Waals surface area contributed by atoms with Crippen molar-refractivity contribution < 1.29 is 54.3 Å². The summed E-state index contributed by atoms with van der Waals surface area (Å²) >= 11 is 4.83. The number of hydrogen-bond acceptors (Lipinski definition) is 13. The maximum Gasteiger partial charge on any atom is 2.00 e. The number of hydrogen-bond donors (Lipinski definition) is 2. The quantitative estimate of drug-likeness (QED) is 0.145. The number of aromatic amines is 2. The Labute approximate surface area is 701 Å². The molecule has 1 spiro atoms. The molecule has 2 aliphatic rings. The molecule has 17 heteroatoms. The van der Waals surface area contributed by atoms with Crippen LogP contribution in [-0.2, 0) is 24.9 Å². The predicted molar refractivity (Wildman–Crippen MR) is 468 cm³/mol. The Morgan fingerprint density at radius 1 is 0.308 bits per heavy atom. The molecule has 0 radical (unpaired) electrons. The van der Waals surface area contributed by atoms with Crippen molar-refractivity contribution in [2.75, 3.05) is 0 Å². The van der Waals surface area contributed by atoms with Gasteiger partial charge < -0.3 is 24.8 Å². The largest absolute Gasteiger partial charge is 2.00 e. The number of benzene rings is 16. The molecule has 0 unspecified atom stereocenters. The van der Waals surface area contributed by atoms with Gasteiger partial charge in [-0.1, -0.05) is 313 Å². The SMILES string of the molecule is Oc1ccccc1-c1nc2ccccc2o1.Oc1ccccc1-c1nc2ccccc2s1.[Be+2].[O-]c1c(-c2[nH+]c3ccccc3s2)ccc2ccccc12.[O-]c1c(-c2[nH+]c3ccccc3s2)ccc2ccccc12.[Zn].c1ccc(-c2nc(-c3ccccc3)nc(-c3ccc4c(c3)C3(c5ccccc5-c5ccccc53)c3ccccc3-4)n2)cc1. The van der Waals surface area contributed by atoms with Crippen molar-refractivity contribution in [3.05, 3.63) is 392 Å². The number of phenolic OH excluding ortho intramolecular Hbond substituents is 2. The van der Waals surface area contributed by atoms with E-state index in [1.165, 1.54) is 44.5 Å². The minimum atomic E-state index is -0.410. The molecule has 0 saturated carbocycles. The molecule has 0 saturated heterocycles. The molecule has 0 amide bonds. The molecular weight excluding hydrogens is 1550 g/mol. The van der Waals surface area contributed by atoms with Gasteiger partial charge in [-0.2, -0.15) is 9.97 Å². The number of fused-ring (bicyclic) bond motifs is 16. The number of rotatable bonds is 7. The van der Waals surface area contributed by atoms with Crippen LogP contribution in [0.3, 0.4) is 0 Å². The van der Waals surface area contributed by atoms with Crippen molar-refractivity contribution in [3.63, 3.8) is 0 Å². The molecule has 0 aliphatic heterocycles. The van der Waals surface area contributed by atoms with Crippen LogP contribution in [0.25, 0.3) is 163 Å². The van der Waals surface area contributed by atoms with E-state index in [0.717, 1.165) is 112 Å². The molecule has 0 atom stereocenters. The standard InChI is InChI=1S/C40H25N3.2C17H11NOS.C13H9NO2.C13H9NOS.Be.Zn/c1-3-13-26(14-4-1)37-41-38(27-15-5-2-6-16-27)43-39(42-37)28-23-24-32-31-19-9-12-22-35(31)40(36(32)25-28)33-20-10-7-17-29(33)30-18-8-11-21-34(30)40;2*19-16-12-6-2-1-5-11(12)9-10-13(16)17-18-14-7-3-4-8-15(14)20-17;2*15-11-7-3-1-5-9(11)13-14-10-6-2-4-8-12(10)16-13;;/h1-25H;2*1-10,19H;2*1-8,15H;;/q;;;;;+2;. The average molecular weight is 1620 g/mol. The van der Waals surface area contributed by atoms with E-state index in [1.54, 1.807) is 58.3 Å². The second-order valence-electron chi connectivity index (χ2n) is 27.6. The van der Waals surface area contributed by atoms with E-state index < -0.39 is 5.41 Å². The molecule has 12 nitrogen and oxygen atoms in total. The Hall–Kier alpha value is -13.8. The number of oxazole rings is 1. The van der Waals surface area contributed by atoms with Gasteiger partial charge in [0.25, 0.3) is 10.0 Å². The molecule has 5 heterocycles. The molecule has 5 aromatic heterocycles. The normalized spacial score (nSPS) is 11.7. The molecule has 16 aromatic carbocycles. The third-order valence-corrected chi connectivity index (χ3v) is 24.0. The first-order valence-corrected chi connectivity index (χ1v) is 39.9. The number of aromatic hydroxyl groups is 2. The summed E-state index contributed by atoms with van der Waals surface area (Å²) in [5.41, 5.74) is 20.4. The number of thiazole rings is 3. The molecule has 0 bridgehead atoms. The van der Waals surface area contributed by atoms with E-state index >= 15 is 0 Å². The number of nitrogens with one attached hydrogen (secondary N) is 2. The van der Waals surface area contributed by atoms with Crippen LogP contribution < -0.4 is 20.2 Å². The summed E-state index contributed by atoms with van der Waals surface area (Å²) in [5.74, 6) is 3.08. The van der Waals surface area contributed by atoms with Crippen LogP contribution in [0, 0.1) is 0 Å². The van der Waals surface area contributed by atoms with Crippen molar-refractivity contribution in [3.8, 4) is 123 Å². The Morgan fingerprint density at radius 3 is 1.20 bits per heavy atom. The molecule has 21 aromatic rings. The second-order valence-corrected chi connectivity index (χ2v) is 30.8. The second kappa shape index (κ2) is 32.9. The smallest absolute Gasteiger partial charge is 0.871 e. The Bertz CT molecular complexity index is 6720. The fourth-order valence-electron chi connectivity index (χ4n) is 15.4. The fourth-order valence-corrected chi connectivity index (χ4v) is 18.4. The first-order chi connectivity index (χ1) is 56.7. The summed E-state index contributed by atoms with van der Waals surface area (Å²) in [6.07, 6.45) is 0. The van der Waals surface area contributed by atoms with Gasteiger partial charge in [0.15, 0.2) is 23.1 Å². The van der Waals surface area contributed by atoms with E-state index in [0.29, 0.717) is 28.9 Å². The third kappa shape index (κ3) is 14.5. The van der Waals surface area contributed by atoms with Crippen molar-refractivity contribution in [1.29, 1.82) is 0 Å². The van der Waals surface area contributed by atoms with Crippen LogP contribution in [0.4, 0.5) is 0 Å². The number of nitrogens with zero attached hydrogens (tertiary/aromatic N) is 5. The van der Waals surface area contributed by atoms with Gasteiger partial charge in [0, 0.05) is 48.3 Å². The number of H-pyrrole nitrogens is 2. The number of phenols is 2. The molecular formula is C100H65BeN7O5S3Zn+2. The zero-order valence-corrected chi connectivity index (χ0v) is 68.1. The zero-order chi connectivity index (χ0) is 77.4. The Morgan fingerprint density at radius 2 is 0.701 bits per heavy atom. The van der Waals surface area contributed by atoms with Crippen LogP contribution >= 0.6 is 34.0 Å². The van der Waals surface area contributed by atoms with Gasteiger partial charge in [-0.05, 0) is 145 Å². The van der Waals surface area contributed by atoms with Gasteiger partial charge in [-0.25, -0.2) is 24.9 Å². The van der Waals surface area contributed by atoms with Gasteiger partial charge in [0.05, 0.1) is 37.9 Å². The van der Waals surface area contributed by atoms with Crippen molar-refractivity contribution in [1.82, 2.24) is 24.9 Å². The molecule has 2 aliphatic carbocycles. The minimum absolute atomic E-state index is 0. The average Bonchev–Trinajstić information content (AvgIpc) is 1.51. The summed E-state index contributed by atoms with van der Waals surface area (Å²) in [4.78, 5) is 30.5. The Kier molecular flexibility index (Phi) is 21.4. The molecule has 117 heavy (non-hydrogen) atoms. The summed E-state index contributed by atoms with van der Waals surface area (Å²) in [6, 6.07) is 123. The predicted octanol–water partition coefficient (Wildman–Crippen LogP) is 22.9. The number of para-hydroxylation sites is 7. The van der Waals surface area contributed by atoms with Gasteiger partial charge in [0.1, 0.15) is 31.4 Å². The number of aromatic nitrogens is 7. The van der Waals surface area contributed by atoms with Crippen molar-refractivity contribution >= 4 is 107 Å². The molecule has 0 fully saturated rings. The maximum atomic E-state index is 12.6. The first kappa shape index (κ1) is 75.8. The van der Waals surface area contributed by atoms with Crippen molar-refractivity contribution in [2.24, 2.45) is 0 Å². The van der Waals surface area contributed by atoms with E-state index in [9.17, 15) is 20.4 Å². The third-order valence-electron chi connectivity index (χ3n) is 20.8. The zero-order valence-electron chi connectivity index (χ0n) is 62.7. The summed E-state index contributed by atoms with van der Waals surface area (Å²) in [6.45, 7) is 0. The van der Waals surface area contributed by atoms with E-state index in [-0.39, 0.29) is 52.6 Å². The van der Waals surface area contributed by atoms with Crippen LogP contribution in [-0.4, -0.2) is 45.3 Å². The topological polar surface area (TPSA) is 192 Å². The summed E-state index contributed by atoms with van der Waals surface area (Å²) in [5, 5.41) is 50.9. The summed E-state index contributed by atoms with van der Waals surface area (Å²) < 4.78 is 9.03. The van der Waals surface area contributed by atoms with Gasteiger partial charge >= 0.3 is 10.1 Å². The fraction of sp³-hybridized carbons (Fsp3) is 0.0100. The van der Waals surface area contributed by atoms with Gasteiger partial charge in [-0.15, -0.1) is 11.3 Å². The van der Waals surface area contributed by atoms with Crippen LogP contribution in [0.2, 0.25) is 0 Å². The van der Waals surface area contributed by atoms with E-state index in [2.05, 4.69) is 147 Å². The van der Waals surface area contributed by atoms with Crippen LogP contribution in [0.5, 0.6) is 23.0 Å². The van der Waals surface area contributed by atoms with E-state index in [1.807, 2.05) is 218 Å². The Balaban J connectivity index is 0.000000112. The van der Waals surface area contributed by atoms with E-state index in [4.69, 9.17) is 19.4 Å².